The van der Waals surface area contributed by atoms with Crippen molar-refractivity contribution in [1.29, 1.82) is 0 Å². The van der Waals surface area contributed by atoms with Crippen LogP contribution in [0.3, 0.4) is 0 Å². The van der Waals surface area contributed by atoms with Crippen molar-refractivity contribution in [2.75, 3.05) is 40.3 Å². The number of amides is 2. The summed E-state index contributed by atoms with van der Waals surface area (Å²) in [6.07, 6.45) is 5.95. The van der Waals surface area contributed by atoms with Crippen LogP contribution in [0, 0.1) is 12.8 Å². The fraction of sp³-hybridized carbons (Fsp3) is 0.652. The molecule has 0 aliphatic carbocycles. The van der Waals surface area contributed by atoms with Gasteiger partial charge in [0.05, 0.1) is 0 Å². The normalized spacial score (nSPS) is 19.3. The first-order valence-corrected chi connectivity index (χ1v) is 10.8. The molecule has 0 aromatic heterocycles. The van der Waals surface area contributed by atoms with Gasteiger partial charge in [-0.05, 0) is 64.6 Å². The number of hydrogen-bond donors (Lipinski definition) is 0. The molecule has 0 spiro atoms. The van der Waals surface area contributed by atoms with E-state index in [0.29, 0.717) is 18.2 Å². The van der Waals surface area contributed by atoms with Crippen LogP contribution in [0.2, 0.25) is 0 Å². The van der Waals surface area contributed by atoms with E-state index in [0.717, 1.165) is 63.8 Å². The van der Waals surface area contributed by atoms with Crippen molar-refractivity contribution in [2.24, 2.45) is 5.92 Å². The molecule has 28 heavy (non-hydrogen) atoms. The second kappa shape index (κ2) is 9.55. The zero-order chi connectivity index (χ0) is 20.1. The van der Waals surface area contributed by atoms with Crippen LogP contribution < -0.4 is 0 Å². The number of carbonyl (C=O) groups excluding carboxylic acids is 2. The average molecular weight is 386 g/mol. The van der Waals surface area contributed by atoms with Crippen molar-refractivity contribution < 1.29 is 9.59 Å². The lowest BCUT2D eigenvalue weighted by atomic mass is 9.91. The fourth-order valence-corrected chi connectivity index (χ4v) is 4.48. The van der Waals surface area contributed by atoms with E-state index in [4.69, 9.17) is 0 Å². The fourth-order valence-electron chi connectivity index (χ4n) is 4.48. The van der Waals surface area contributed by atoms with Crippen LogP contribution in [-0.2, 0) is 9.59 Å². The summed E-state index contributed by atoms with van der Waals surface area (Å²) in [6, 6.07) is 8.04. The minimum absolute atomic E-state index is 0.195. The van der Waals surface area contributed by atoms with Crippen LogP contribution >= 0.6 is 0 Å². The van der Waals surface area contributed by atoms with E-state index in [9.17, 15) is 9.59 Å². The smallest absolute Gasteiger partial charge is 0.244 e. The number of hydrogen-bond acceptors (Lipinski definition) is 3. The third-order valence-corrected chi connectivity index (χ3v) is 6.29. The van der Waals surface area contributed by atoms with E-state index in [1.807, 2.05) is 28.8 Å². The maximum atomic E-state index is 13.2. The molecule has 1 aromatic rings. The number of likely N-dealkylation sites (tertiary alicyclic amines) is 2. The van der Waals surface area contributed by atoms with E-state index in [1.54, 1.807) is 0 Å². The van der Waals surface area contributed by atoms with Gasteiger partial charge in [0.25, 0.3) is 0 Å². The predicted octanol–water partition coefficient (Wildman–Crippen LogP) is 3.24. The van der Waals surface area contributed by atoms with Gasteiger partial charge >= 0.3 is 0 Å². The van der Waals surface area contributed by atoms with Gasteiger partial charge in [0.2, 0.25) is 11.8 Å². The molecule has 0 unspecified atom stereocenters. The molecule has 1 aromatic carbocycles. The highest BCUT2D eigenvalue weighted by Gasteiger charge is 2.31. The van der Waals surface area contributed by atoms with Crippen LogP contribution in [0.25, 0.3) is 0 Å². The van der Waals surface area contributed by atoms with Gasteiger partial charge in [0.1, 0.15) is 6.04 Å². The molecule has 0 N–H and O–H groups in total. The molecule has 0 saturated carbocycles. The summed E-state index contributed by atoms with van der Waals surface area (Å²) in [4.78, 5) is 31.5. The maximum Gasteiger partial charge on any atom is 0.244 e. The molecule has 2 fully saturated rings. The Morgan fingerprint density at radius 2 is 1.61 bits per heavy atom. The molecule has 3 rings (SSSR count). The largest absolute Gasteiger partial charge is 0.343 e. The molecular formula is C23H35N3O2. The Bertz CT molecular complexity index is 657. The molecule has 0 radical (unpaired) electrons. The van der Waals surface area contributed by atoms with E-state index in [1.165, 1.54) is 5.56 Å². The minimum Gasteiger partial charge on any atom is -0.343 e. The third kappa shape index (κ3) is 5.13. The van der Waals surface area contributed by atoms with E-state index in [2.05, 4.69) is 31.2 Å². The van der Waals surface area contributed by atoms with Gasteiger partial charge < -0.3 is 9.80 Å². The molecule has 0 bridgehead atoms. The van der Waals surface area contributed by atoms with Gasteiger partial charge in [0, 0.05) is 32.6 Å². The lowest BCUT2D eigenvalue weighted by molar-refractivity contribution is -0.138. The van der Waals surface area contributed by atoms with Gasteiger partial charge in [0.15, 0.2) is 0 Å². The summed E-state index contributed by atoms with van der Waals surface area (Å²) >= 11 is 0. The van der Waals surface area contributed by atoms with Crippen LogP contribution in [-0.4, -0.2) is 66.8 Å². The first-order valence-electron chi connectivity index (χ1n) is 10.8. The second-order valence-corrected chi connectivity index (χ2v) is 8.67. The number of carbonyl (C=O) groups is 2. The van der Waals surface area contributed by atoms with Gasteiger partial charge in [-0.15, -0.1) is 0 Å². The molecule has 2 saturated heterocycles. The van der Waals surface area contributed by atoms with Crippen LogP contribution in [0.15, 0.2) is 24.3 Å². The number of aryl methyl sites for hydroxylation is 1. The summed E-state index contributed by atoms with van der Waals surface area (Å²) in [5.41, 5.74) is 2.26. The number of rotatable bonds is 6. The van der Waals surface area contributed by atoms with Crippen molar-refractivity contribution in [3.63, 3.8) is 0 Å². The van der Waals surface area contributed by atoms with Crippen LogP contribution in [0.5, 0.6) is 0 Å². The lowest BCUT2D eigenvalue weighted by Crippen LogP contribution is -2.44. The first-order chi connectivity index (χ1) is 13.5. The molecular weight excluding hydrogens is 350 g/mol. The summed E-state index contributed by atoms with van der Waals surface area (Å²) in [6.45, 7) is 5.55. The molecule has 154 valence electrons. The van der Waals surface area contributed by atoms with Gasteiger partial charge in [-0.25, -0.2) is 0 Å². The summed E-state index contributed by atoms with van der Waals surface area (Å²) in [5.74, 6) is 1.08. The van der Waals surface area contributed by atoms with Crippen molar-refractivity contribution in [2.45, 2.75) is 51.5 Å². The van der Waals surface area contributed by atoms with Gasteiger partial charge in [-0.1, -0.05) is 29.8 Å². The van der Waals surface area contributed by atoms with Gasteiger partial charge in [-0.2, -0.15) is 0 Å². The second-order valence-electron chi connectivity index (χ2n) is 8.67. The molecule has 2 heterocycles. The number of nitrogens with zero attached hydrogens (tertiary/aromatic N) is 3. The molecule has 1 atom stereocenters. The van der Waals surface area contributed by atoms with Crippen molar-refractivity contribution >= 4 is 11.8 Å². The number of piperidine rings is 1. The predicted molar refractivity (Wildman–Crippen MR) is 112 cm³/mol. The van der Waals surface area contributed by atoms with Crippen molar-refractivity contribution in [1.82, 2.24) is 14.7 Å². The number of benzene rings is 1. The van der Waals surface area contributed by atoms with E-state index < -0.39 is 0 Å². The summed E-state index contributed by atoms with van der Waals surface area (Å²) in [7, 11) is 3.94. The topological polar surface area (TPSA) is 43.9 Å². The van der Waals surface area contributed by atoms with E-state index in [-0.39, 0.29) is 11.9 Å². The Labute approximate surface area is 169 Å². The molecule has 5 heteroatoms. The highest BCUT2D eigenvalue weighted by atomic mass is 16.2. The Morgan fingerprint density at radius 3 is 2.18 bits per heavy atom. The maximum absolute atomic E-state index is 13.2. The number of likely N-dealkylation sites (N-methyl/N-ethyl adjacent to an activating group) is 1. The first kappa shape index (κ1) is 20.8. The average Bonchev–Trinajstić information content (AvgIpc) is 3.23. The molecule has 5 nitrogen and oxygen atoms in total. The van der Waals surface area contributed by atoms with E-state index >= 15 is 0 Å². The lowest BCUT2D eigenvalue weighted by Gasteiger charge is -2.36. The Kier molecular flexibility index (Phi) is 7.11. The van der Waals surface area contributed by atoms with Crippen molar-refractivity contribution in [3.8, 4) is 0 Å². The molecule has 2 aliphatic heterocycles. The molecule has 2 amide bonds. The standard InChI is InChI=1S/C23H35N3O2/c1-18-6-9-20(10-7-18)22(24(2)3)23(28)26-16-12-19(13-17-26)8-11-21(27)25-14-4-5-15-25/h6-7,9-10,19,22H,4-5,8,11-17H2,1-3H3/t22-/m1/s1. The van der Waals surface area contributed by atoms with Crippen LogP contribution in [0.4, 0.5) is 0 Å². The quantitative estimate of drug-likeness (QED) is 0.755. The SMILES string of the molecule is Cc1ccc([C@H](C(=O)N2CCC(CCC(=O)N3CCCC3)CC2)N(C)C)cc1. The summed E-state index contributed by atoms with van der Waals surface area (Å²) in [5, 5.41) is 0. The zero-order valence-corrected chi connectivity index (χ0v) is 17.7. The van der Waals surface area contributed by atoms with Gasteiger partial charge in [-0.3, -0.25) is 14.5 Å². The third-order valence-electron chi connectivity index (χ3n) is 6.29. The minimum atomic E-state index is -0.228. The Balaban J connectivity index is 1.50. The highest BCUT2D eigenvalue weighted by Crippen LogP contribution is 2.27. The summed E-state index contributed by atoms with van der Waals surface area (Å²) < 4.78 is 0. The highest BCUT2D eigenvalue weighted by molar-refractivity contribution is 5.83. The monoisotopic (exact) mass is 385 g/mol. The van der Waals surface area contributed by atoms with Crippen LogP contribution in [0.1, 0.15) is 55.7 Å². The molecule has 2 aliphatic rings. The Morgan fingerprint density at radius 1 is 1.00 bits per heavy atom. The zero-order valence-electron chi connectivity index (χ0n) is 17.7. The van der Waals surface area contributed by atoms with Crippen molar-refractivity contribution in [3.05, 3.63) is 35.4 Å². The Hall–Kier alpha value is -1.88.